The lowest BCUT2D eigenvalue weighted by molar-refractivity contribution is -0.123. The van der Waals surface area contributed by atoms with Gasteiger partial charge < -0.3 is 9.88 Å². The normalized spacial score (nSPS) is 13.3. The zero-order chi connectivity index (χ0) is 20.5. The molecule has 142 valence electrons. The largest absolute Gasteiger partial charge is 0.315 e. The van der Waals surface area contributed by atoms with Gasteiger partial charge >= 0.3 is 0 Å². The molecule has 4 rings (SSSR count). The van der Waals surface area contributed by atoms with Crippen LogP contribution in [0.25, 0.3) is 10.9 Å². The van der Waals surface area contributed by atoms with Gasteiger partial charge in [-0.25, -0.2) is 4.98 Å². The second-order valence-electron chi connectivity index (χ2n) is 6.77. The van der Waals surface area contributed by atoms with Gasteiger partial charge in [0.05, 0.1) is 17.1 Å². The second kappa shape index (κ2) is 7.23. The van der Waals surface area contributed by atoms with Crippen molar-refractivity contribution >= 4 is 28.3 Å². The molecule has 1 aliphatic rings. The number of nitriles is 1. The molecule has 3 heterocycles. The van der Waals surface area contributed by atoms with Crippen LogP contribution >= 0.6 is 0 Å². The van der Waals surface area contributed by atoms with E-state index in [4.69, 9.17) is 6.42 Å². The van der Waals surface area contributed by atoms with Gasteiger partial charge in [-0.3, -0.25) is 14.5 Å². The Bertz CT molecular complexity index is 1280. The number of amides is 1. The molecule has 0 aliphatic carbocycles. The zero-order valence-corrected chi connectivity index (χ0v) is 15.7. The van der Waals surface area contributed by atoms with Crippen LogP contribution in [-0.2, 0) is 11.8 Å². The number of anilines is 2. The van der Waals surface area contributed by atoms with E-state index in [2.05, 4.69) is 16.2 Å². The Morgan fingerprint density at radius 2 is 2.03 bits per heavy atom. The van der Waals surface area contributed by atoms with Gasteiger partial charge in [-0.2, -0.15) is 5.26 Å². The SMILES string of the molecule is C#Cc1cccc(N(C(=O)C2CNC2)c2c(C#N)c(=O)n(C)c3ccccc23)n1. The van der Waals surface area contributed by atoms with Crippen LogP contribution < -0.4 is 15.8 Å². The second-order valence-corrected chi connectivity index (χ2v) is 6.77. The van der Waals surface area contributed by atoms with Crippen LogP contribution in [0.5, 0.6) is 0 Å². The number of terminal acetylenes is 1. The molecule has 29 heavy (non-hydrogen) atoms. The van der Waals surface area contributed by atoms with Crippen molar-refractivity contribution in [2.75, 3.05) is 18.0 Å². The predicted molar refractivity (Wildman–Crippen MR) is 110 cm³/mol. The standard InChI is InChI=1S/C22H17N5O2/c1-3-15-7-6-10-19(25-15)27(21(28)14-12-24-13-14)20-16-8-4-5-9-18(16)26(2)22(29)17(20)11-23/h1,4-10,14,24H,12-13H2,2H3. The molecule has 0 saturated carbocycles. The van der Waals surface area contributed by atoms with Crippen molar-refractivity contribution in [1.29, 1.82) is 5.26 Å². The number of rotatable bonds is 3. The fraction of sp³-hybridized carbons (Fsp3) is 0.182. The number of aryl methyl sites for hydroxylation is 1. The van der Waals surface area contributed by atoms with Gasteiger partial charge in [0.2, 0.25) is 5.91 Å². The molecule has 2 aromatic heterocycles. The molecular formula is C22H17N5O2. The lowest BCUT2D eigenvalue weighted by Crippen LogP contribution is -2.51. The number of fused-ring (bicyclic) bond motifs is 1. The number of carbonyl (C=O) groups is 1. The summed E-state index contributed by atoms with van der Waals surface area (Å²) in [4.78, 5) is 32.1. The lowest BCUT2D eigenvalue weighted by atomic mass is 9.99. The minimum atomic E-state index is -0.473. The first-order valence-corrected chi connectivity index (χ1v) is 9.07. The van der Waals surface area contributed by atoms with E-state index in [1.54, 1.807) is 49.5 Å². The number of aromatic nitrogens is 2. The first kappa shape index (κ1) is 18.4. The maximum atomic E-state index is 13.4. The highest BCUT2D eigenvalue weighted by molar-refractivity contribution is 6.09. The molecule has 1 aromatic carbocycles. The summed E-state index contributed by atoms with van der Waals surface area (Å²) in [6.07, 6.45) is 5.49. The maximum Gasteiger partial charge on any atom is 0.270 e. The molecule has 3 aromatic rings. The lowest BCUT2D eigenvalue weighted by Gasteiger charge is -2.33. The molecule has 1 N–H and O–H groups in total. The monoisotopic (exact) mass is 383 g/mol. The van der Waals surface area contributed by atoms with Gasteiger partial charge in [-0.05, 0) is 18.2 Å². The highest BCUT2D eigenvalue weighted by Gasteiger charge is 2.34. The number of para-hydroxylation sites is 1. The van der Waals surface area contributed by atoms with Gasteiger partial charge in [0.15, 0.2) is 0 Å². The van der Waals surface area contributed by atoms with Crippen LogP contribution in [0.4, 0.5) is 11.5 Å². The summed E-state index contributed by atoms with van der Waals surface area (Å²) in [6.45, 7) is 1.05. The Morgan fingerprint density at radius 1 is 1.28 bits per heavy atom. The average molecular weight is 383 g/mol. The summed E-state index contributed by atoms with van der Waals surface area (Å²) in [7, 11) is 1.61. The molecule has 0 unspecified atom stereocenters. The summed E-state index contributed by atoms with van der Waals surface area (Å²) < 4.78 is 1.41. The molecule has 1 fully saturated rings. The van der Waals surface area contributed by atoms with Gasteiger partial charge in [-0.15, -0.1) is 6.42 Å². The van der Waals surface area contributed by atoms with Crippen molar-refractivity contribution in [3.63, 3.8) is 0 Å². The van der Waals surface area contributed by atoms with Crippen molar-refractivity contribution in [1.82, 2.24) is 14.9 Å². The topological polar surface area (TPSA) is 91.0 Å². The Labute approximate surface area is 167 Å². The minimum Gasteiger partial charge on any atom is -0.315 e. The van der Waals surface area contributed by atoms with E-state index in [0.29, 0.717) is 29.7 Å². The highest BCUT2D eigenvalue weighted by Crippen LogP contribution is 2.34. The van der Waals surface area contributed by atoms with E-state index in [0.717, 1.165) is 0 Å². The van der Waals surface area contributed by atoms with Crippen molar-refractivity contribution in [3.05, 3.63) is 64.1 Å². The van der Waals surface area contributed by atoms with E-state index in [-0.39, 0.29) is 28.9 Å². The van der Waals surface area contributed by atoms with E-state index in [1.807, 2.05) is 6.07 Å². The number of hydrogen-bond donors (Lipinski definition) is 1. The molecule has 7 heteroatoms. The number of nitrogens with one attached hydrogen (secondary N) is 1. The van der Waals surface area contributed by atoms with E-state index < -0.39 is 5.56 Å². The Kier molecular flexibility index (Phi) is 4.59. The van der Waals surface area contributed by atoms with Crippen LogP contribution in [0.1, 0.15) is 11.3 Å². The van der Waals surface area contributed by atoms with E-state index in [9.17, 15) is 14.9 Å². The summed E-state index contributed by atoms with van der Waals surface area (Å²) in [5.41, 5.74) is 0.631. The Balaban J connectivity index is 2.08. The molecule has 1 aliphatic heterocycles. The average Bonchev–Trinajstić information content (AvgIpc) is 2.71. The molecule has 0 spiro atoms. The number of carbonyl (C=O) groups excluding carboxylic acids is 1. The third-order valence-electron chi connectivity index (χ3n) is 5.07. The summed E-state index contributed by atoms with van der Waals surface area (Å²) >= 11 is 0. The molecule has 1 saturated heterocycles. The molecule has 1 amide bonds. The molecule has 0 bridgehead atoms. The zero-order valence-electron chi connectivity index (χ0n) is 15.7. The number of hydrogen-bond acceptors (Lipinski definition) is 5. The van der Waals surface area contributed by atoms with Gasteiger partial charge in [-0.1, -0.05) is 30.2 Å². The van der Waals surface area contributed by atoms with Gasteiger partial charge in [0, 0.05) is 25.5 Å². The summed E-state index contributed by atoms with van der Waals surface area (Å²) in [5.74, 6) is 2.24. The Hall–Kier alpha value is -3.94. The van der Waals surface area contributed by atoms with Crippen LogP contribution in [0.2, 0.25) is 0 Å². The fourth-order valence-corrected chi connectivity index (χ4v) is 3.42. The number of benzene rings is 1. The van der Waals surface area contributed by atoms with Gasteiger partial charge in [0.25, 0.3) is 5.56 Å². The maximum absolute atomic E-state index is 13.4. The quantitative estimate of drug-likeness (QED) is 0.695. The highest BCUT2D eigenvalue weighted by atomic mass is 16.2. The van der Waals surface area contributed by atoms with Crippen LogP contribution in [-0.4, -0.2) is 28.5 Å². The summed E-state index contributed by atoms with van der Waals surface area (Å²) in [6, 6.07) is 14.2. The molecular weight excluding hydrogens is 366 g/mol. The van der Waals surface area contributed by atoms with Crippen molar-refractivity contribution < 1.29 is 4.79 Å². The van der Waals surface area contributed by atoms with Crippen LogP contribution in [0.3, 0.4) is 0 Å². The minimum absolute atomic E-state index is 0.111. The first-order chi connectivity index (χ1) is 14.1. The number of nitrogens with zero attached hydrogens (tertiary/aromatic N) is 4. The van der Waals surface area contributed by atoms with Crippen molar-refractivity contribution in [2.45, 2.75) is 0 Å². The van der Waals surface area contributed by atoms with E-state index >= 15 is 0 Å². The summed E-state index contributed by atoms with van der Waals surface area (Å²) in [5, 5.41) is 13.5. The predicted octanol–water partition coefficient (Wildman–Crippen LogP) is 1.67. The molecule has 7 nitrogen and oxygen atoms in total. The molecule has 0 atom stereocenters. The first-order valence-electron chi connectivity index (χ1n) is 9.07. The van der Waals surface area contributed by atoms with Gasteiger partial charge in [0.1, 0.15) is 23.1 Å². The van der Waals surface area contributed by atoms with Crippen molar-refractivity contribution in [2.24, 2.45) is 13.0 Å². The smallest absolute Gasteiger partial charge is 0.270 e. The van der Waals surface area contributed by atoms with Crippen LogP contribution in [0, 0.1) is 29.6 Å². The van der Waals surface area contributed by atoms with Crippen molar-refractivity contribution in [3.8, 4) is 18.4 Å². The van der Waals surface area contributed by atoms with Crippen LogP contribution in [0.15, 0.2) is 47.3 Å². The third kappa shape index (κ3) is 2.94. The third-order valence-corrected chi connectivity index (χ3v) is 5.07. The fourth-order valence-electron chi connectivity index (χ4n) is 3.42. The van der Waals surface area contributed by atoms with E-state index in [1.165, 1.54) is 9.47 Å². The Morgan fingerprint density at radius 3 is 2.69 bits per heavy atom. The number of pyridine rings is 2. The molecule has 0 radical (unpaired) electrons.